The fourth-order valence-electron chi connectivity index (χ4n) is 2.78. The summed E-state index contributed by atoms with van der Waals surface area (Å²) in [5, 5.41) is 6.92. The lowest BCUT2D eigenvalue weighted by Gasteiger charge is -2.29. The van der Waals surface area contributed by atoms with E-state index in [1.807, 2.05) is 6.92 Å². The Morgan fingerprint density at radius 1 is 1.35 bits per heavy atom. The van der Waals surface area contributed by atoms with E-state index >= 15 is 0 Å². The molecule has 9 nitrogen and oxygen atoms in total. The van der Waals surface area contributed by atoms with E-state index in [4.69, 9.17) is 4.74 Å². The van der Waals surface area contributed by atoms with Crippen molar-refractivity contribution in [3.8, 4) is 0 Å². The predicted octanol–water partition coefficient (Wildman–Crippen LogP) is 1.08. The first-order valence-corrected chi connectivity index (χ1v) is 10.5. The number of amides is 1. The van der Waals surface area contributed by atoms with Crippen molar-refractivity contribution in [2.45, 2.75) is 46.3 Å². The molecule has 0 aliphatic carbocycles. The van der Waals surface area contributed by atoms with E-state index in [-0.39, 0.29) is 23.6 Å². The Morgan fingerprint density at radius 3 is 2.46 bits per heavy atom. The molecule has 0 aromatic carbocycles. The molecule has 0 atom stereocenters. The van der Waals surface area contributed by atoms with Crippen molar-refractivity contribution in [2.24, 2.45) is 5.92 Å². The van der Waals surface area contributed by atoms with E-state index in [2.05, 4.69) is 10.4 Å². The van der Waals surface area contributed by atoms with Crippen LogP contribution in [0.3, 0.4) is 0 Å². The lowest BCUT2D eigenvalue weighted by molar-refractivity contribution is -0.120. The average molecular weight is 386 g/mol. The second kappa shape index (κ2) is 8.17. The van der Waals surface area contributed by atoms with Crippen LogP contribution in [0.5, 0.6) is 0 Å². The molecular weight excluding hydrogens is 360 g/mol. The summed E-state index contributed by atoms with van der Waals surface area (Å²) in [7, 11) is -3.24. The summed E-state index contributed by atoms with van der Waals surface area (Å²) in [6.07, 6.45) is 3.34. The fraction of sp³-hybridized carbons (Fsp3) is 0.688. The van der Waals surface area contributed by atoms with Gasteiger partial charge in [-0.15, -0.1) is 0 Å². The third-order valence-corrected chi connectivity index (χ3v) is 5.48. The summed E-state index contributed by atoms with van der Waals surface area (Å²) in [5.74, 6) is -1.14. The summed E-state index contributed by atoms with van der Waals surface area (Å²) in [4.78, 5) is 24.7. The van der Waals surface area contributed by atoms with Crippen LogP contribution in [-0.4, -0.2) is 59.8 Å². The number of anilines is 1. The van der Waals surface area contributed by atoms with Gasteiger partial charge in [0.15, 0.2) is 5.69 Å². The molecule has 26 heavy (non-hydrogen) atoms. The zero-order valence-electron chi connectivity index (χ0n) is 15.6. The van der Waals surface area contributed by atoms with Crippen molar-refractivity contribution < 1.29 is 22.7 Å². The topological polar surface area (TPSA) is 111 Å². The standard InChI is InChI=1S/C16H26N4O5S/c1-5-19-10-13(14(18-19)16(22)25-11(2)3)17-15(21)12-6-8-20(9-7-12)26(4,23)24/h10-12H,5-9H2,1-4H3,(H,17,21). The molecule has 1 aliphatic rings. The Kier molecular flexibility index (Phi) is 6.40. The van der Waals surface area contributed by atoms with Crippen LogP contribution in [0.25, 0.3) is 0 Å². The monoisotopic (exact) mass is 386 g/mol. The second-order valence-electron chi connectivity index (χ2n) is 6.63. The van der Waals surface area contributed by atoms with Gasteiger partial charge in [-0.2, -0.15) is 5.10 Å². The van der Waals surface area contributed by atoms with Crippen molar-refractivity contribution in [3.63, 3.8) is 0 Å². The number of aryl methyl sites for hydroxylation is 1. The van der Waals surface area contributed by atoms with Crippen LogP contribution in [0.15, 0.2) is 6.20 Å². The Hall–Kier alpha value is -1.94. The first-order chi connectivity index (χ1) is 12.1. The smallest absolute Gasteiger partial charge is 0.361 e. The third-order valence-electron chi connectivity index (χ3n) is 4.17. The summed E-state index contributed by atoms with van der Waals surface area (Å²) in [6.45, 7) is 6.52. The summed E-state index contributed by atoms with van der Waals surface area (Å²) >= 11 is 0. The molecule has 0 radical (unpaired) electrons. The van der Waals surface area contributed by atoms with Crippen molar-refractivity contribution in [2.75, 3.05) is 24.7 Å². The Labute approximate surface area is 153 Å². The first-order valence-electron chi connectivity index (χ1n) is 8.66. The van der Waals surface area contributed by atoms with Gasteiger partial charge in [-0.05, 0) is 33.6 Å². The Bertz CT molecular complexity index is 764. The minimum Gasteiger partial charge on any atom is -0.458 e. The number of hydrogen-bond acceptors (Lipinski definition) is 6. The van der Waals surface area contributed by atoms with Crippen molar-refractivity contribution in [1.29, 1.82) is 0 Å². The van der Waals surface area contributed by atoms with Crippen molar-refractivity contribution in [3.05, 3.63) is 11.9 Å². The molecule has 1 amide bonds. The molecule has 1 saturated heterocycles. The Balaban J connectivity index is 2.07. The van der Waals surface area contributed by atoms with Gasteiger partial charge in [0.2, 0.25) is 15.9 Å². The van der Waals surface area contributed by atoms with Gasteiger partial charge in [0.25, 0.3) is 0 Å². The predicted molar refractivity (Wildman–Crippen MR) is 96.2 cm³/mol. The van der Waals surface area contributed by atoms with E-state index in [1.165, 1.54) is 10.6 Å². The minimum atomic E-state index is -3.24. The number of ether oxygens (including phenoxy) is 1. The number of rotatable bonds is 6. The molecule has 2 rings (SSSR count). The SMILES string of the molecule is CCn1cc(NC(=O)C2CCN(S(C)(=O)=O)CC2)c(C(=O)OC(C)C)n1. The number of hydrogen-bond donors (Lipinski definition) is 1. The first kappa shape index (κ1) is 20.4. The van der Waals surface area contributed by atoms with Crippen LogP contribution in [0.2, 0.25) is 0 Å². The van der Waals surface area contributed by atoms with Crippen LogP contribution < -0.4 is 5.32 Å². The van der Waals surface area contributed by atoms with E-state index < -0.39 is 16.0 Å². The zero-order valence-corrected chi connectivity index (χ0v) is 16.4. The van der Waals surface area contributed by atoms with Gasteiger partial charge in [0.1, 0.15) is 0 Å². The molecule has 0 bridgehead atoms. The molecule has 146 valence electrons. The zero-order chi connectivity index (χ0) is 19.5. The summed E-state index contributed by atoms with van der Waals surface area (Å²) < 4.78 is 31.2. The molecule has 1 aromatic rings. The molecule has 1 aliphatic heterocycles. The highest BCUT2D eigenvalue weighted by Gasteiger charge is 2.30. The van der Waals surface area contributed by atoms with Crippen LogP contribution in [0, 0.1) is 5.92 Å². The lowest BCUT2D eigenvalue weighted by Crippen LogP contribution is -2.41. The molecule has 2 heterocycles. The summed E-state index contributed by atoms with van der Waals surface area (Å²) in [5.41, 5.74) is 0.385. The highest BCUT2D eigenvalue weighted by Crippen LogP contribution is 2.23. The van der Waals surface area contributed by atoms with Crippen LogP contribution in [0.4, 0.5) is 5.69 Å². The lowest BCUT2D eigenvalue weighted by atomic mass is 9.97. The normalized spacial score (nSPS) is 16.7. The van der Waals surface area contributed by atoms with Gasteiger partial charge in [-0.3, -0.25) is 9.48 Å². The molecule has 0 unspecified atom stereocenters. The van der Waals surface area contributed by atoms with E-state index in [1.54, 1.807) is 24.7 Å². The highest BCUT2D eigenvalue weighted by atomic mass is 32.2. The van der Waals surface area contributed by atoms with Crippen LogP contribution in [0.1, 0.15) is 44.1 Å². The van der Waals surface area contributed by atoms with Crippen molar-refractivity contribution >= 4 is 27.6 Å². The van der Waals surface area contributed by atoms with Gasteiger partial charge >= 0.3 is 5.97 Å². The number of esters is 1. The van der Waals surface area contributed by atoms with Crippen LogP contribution in [-0.2, 0) is 26.1 Å². The van der Waals surface area contributed by atoms with E-state index in [9.17, 15) is 18.0 Å². The maximum Gasteiger partial charge on any atom is 0.361 e. The van der Waals surface area contributed by atoms with Gasteiger partial charge < -0.3 is 10.1 Å². The number of piperidine rings is 1. The molecule has 1 fully saturated rings. The quantitative estimate of drug-likeness (QED) is 0.733. The van der Waals surface area contributed by atoms with Gasteiger partial charge in [0, 0.05) is 31.7 Å². The highest BCUT2D eigenvalue weighted by molar-refractivity contribution is 7.88. The van der Waals surface area contributed by atoms with E-state index in [0.717, 1.165) is 0 Å². The van der Waals surface area contributed by atoms with Gasteiger partial charge in [-0.1, -0.05) is 0 Å². The number of carbonyl (C=O) groups excluding carboxylic acids is 2. The fourth-order valence-corrected chi connectivity index (χ4v) is 3.65. The van der Waals surface area contributed by atoms with Gasteiger partial charge in [0.05, 0.1) is 18.0 Å². The summed E-state index contributed by atoms with van der Waals surface area (Å²) in [6, 6.07) is 0. The molecule has 1 aromatic heterocycles. The van der Waals surface area contributed by atoms with Crippen LogP contribution >= 0.6 is 0 Å². The number of aromatic nitrogens is 2. The molecule has 1 N–H and O–H groups in total. The largest absolute Gasteiger partial charge is 0.458 e. The molecule has 0 saturated carbocycles. The third kappa shape index (κ3) is 5.04. The number of nitrogens with one attached hydrogen (secondary N) is 1. The minimum absolute atomic E-state index is 0.0717. The van der Waals surface area contributed by atoms with Crippen molar-refractivity contribution in [1.82, 2.24) is 14.1 Å². The number of carbonyl (C=O) groups is 2. The second-order valence-corrected chi connectivity index (χ2v) is 8.61. The van der Waals surface area contributed by atoms with E-state index in [0.29, 0.717) is 38.2 Å². The molecule has 0 spiro atoms. The Morgan fingerprint density at radius 2 is 1.96 bits per heavy atom. The average Bonchev–Trinajstić information content (AvgIpc) is 2.96. The number of nitrogens with zero attached hydrogens (tertiary/aromatic N) is 3. The maximum atomic E-state index is 12.6. The molecular formula is C16H26N4O5S. The van der Waals surface area contributed by atoms with Gasteiger partial charge in [-0.25, -0.2) is 17.5 Å². The molecule has 10 heteroatoms. The number of sulfonamides is 1. The maximum absolute atomic E-state index is 12.6.